The molecule has 4 heteroatoms. The molecule has 0 aliphatic carbocycles. The van der Waals surface area contributed by atoms with Gasteiger partial charge in [-0.05, 0) is 53.0 Å². The zero-order valence-electron chi connectivity index (χ0n) is 13.6. The summed E-state index contributed by atoms with van der Waals surface area (Å²) in [5.74, 6) is 0.128. The Morgan fingerprint density at radius 3 is 2.65 bits per heavy atom. The van der Waals surface area contributed by atoms with Crippen LogP contribution in [-0.2, 0) is 4.79 Å². The highest BCUT2D eigenvalue weighted by atomic mass is 16.3. The number of amides is 1. The van der Waals surface area contributed by atoms with Crippen molar-refractivity contribution < 1.29 is 9.90 Å². The first-order chi connectivity index (χ1) is 9.45. The van der Waals surface area contributed by atoms with Crippen molar-refractivity contribution in [3.8, 4) is 0 Å². The van der Waals surface area contributed by atoms with Gasteiger partial charge in [0.25, 0.3) is 0 Å². The summed E-state index contributed by atoms with van der Waals surface area (Å²) in [5, 5.41) is 12.7. The predicted octanol–water partition coefficient (Wildman–Crippen LogP) is 2.31. The summed E-state index contributed by atoms with van der Waals surface area (Å²) in [5.41, 5.74) is 0. The molecule has 1 rings (SSSR count). The Bertz CT molecular complexity index is 294. The maximum absolute atomic E-state index is 12.3. The van der Waals surface area contributed by atoms with E-state index in [1.54, 1.807) is 0 Å². The molecule has 4 atom stereocenters. The molecule has 0 saturated carbocycles. The van der Waals surface area contributed by atoms with Gasteiger partial charge in [-0.3, -0.25) is 9.69 Å². The summed E-state index contributed by atoms with van der Waals surface area (Å²) in [6.45, 7) is 9.00. The molecule has 118 valence electrons. The average Bonchev–Trinajstić information content (AvgIpc) is 2.38. The molecule has 1 saturated heterocycles. The number of likely N-dealkylation sites (tertiary alicyclic amines) is 1. The van der Waals surface area contributed by atoms with Crippen LogP contribution in [0, 0.1) is 0 Å². The third-order valence-electron chi connectivity index (χ3n) is 4.27. The molecule has 1 amide bonds. The van der Waals surface area contributed by atoms with Crippen molar-refractivity contribution >= 4 is 5.91 Å². The van der Waals surface area contributed by atoms with E-state index >= 15 is 0 Å². The fraction of sp³-hybridized carbons (Fsp3) is 0.938. The number of piperidine rings is 1. The van der Waals surface area contributed by atoms with Gasteiger partial charge < -0.3 is 10.4 Å². The fourth-order valence-corrected chi connectivity index (χ4v) is 3.20. The van der Waals surface area contributed by atoms with Crippen molar-refractivity contribution in [1.29, 1.82) is 0 Å². The topological polar surface area (TPSA) is 52.6 Å². The molecule has 0 aromatic heterocycles. The zero-order valence-corrected chi connectivity index (χ0v) is 13.6. The van der Waals surface area contributed by atoms with E-state index in [1.165, 1.54) is 6.42 Å². The number of carbonyl (C=O) groups excluding carboxylic acids is 1. The van der Waals surface area contributed by atoms with Crippen molar-refractivity contribution in [1.82, 2.24) is 10.2 Å². The van der Waals surface area contributed by atoms with Crippen LogP contribution in [0.15, 0.2) is 0 Å². The van der Waals surface area contributed by atoms with E-state index in [9.17, 15) is 9.90 Å². The van der Waals surface area contributed by atoms with Crippen LogP contribution in [0.25, 0.3) is 0 Å². The summed E-state index contributed by atoms with van der Waals surface area (Å²) < 4.78 is 0. The van der Waals surface area contributed by atoms with Crippen LogP contribution in [0.3, 0.4) is 0 Å². The minimum absolute atomic E-state index is 0.0987. The van der Waals surface area contributed by atoms with Crippen molar-refractivity contribution in [3.63, 3.8) is 0 Å². The van der Waals surface area contributed by atoms with Gasteiger partial charge >= 0.3 is 0 Å². The maximum atomic E-state index is 12.3. The minimum Gasteiger partial charge on any atom is -0.393 e. The Morgan fingerprint density at radius 2 is 2.05 bits per heavy atom. The molecule has 1 heterocycles. The number of nitrogens with one attached hydrogen (secondary N) is 1. The van der Waals surface area contributed by atoms with Crippen LogP contribution in [0.1, 0.15) is 66.2 Å². The second-order valence-corrected chi connectivity index (χ2v) is 6.35. The SMILES string of the molecule is CCCC(C)NC(=O)C(C)N1CCCCC1CC(C)O. The van der Waals surface area contributed by atoms with Gasteiger partial charge in [0.2, 0.25) is 5.91 Å². The first kappa shape index (κ1) is 17.4. The first-order valence-corrected chi connectivity index (χ1v) is 8.19. The number of aliphatic hydroxyl groups excluding tert-OH is 1. The van der Waals surface area contributed by atoms with Gasteiger partial charge in [0.05, 0.1) is 12.1 Å². The number of hydrogen-bond acceptors (Lipinski definition) is 3. The lowest BCUT2D eigenvalue weighted by Crippen LogP contribution is -2.53. The maximum Gasteiger partial charge on any atom is 0.237 e. The van der Waals surface area contributed by atoms with E-state index in [4.69, 9.17) is 0 Å². The average molecular weight is 284 g/mol. The van der Waals surface area contributed by atoms with Crippen LogP contribution in [0.2, 0.25) is 0 Å². The van der Waals surface area contributed by atoms with Gasteiger partial charge in [-0.25, -0.2) is 0 Å². The van der Waals surface area contributed by atoms with Gasteiger partial charge in [0.1, 0.15) is 0 Å². The lowest BCUT2D eigenvalue weighted by atomic mass is 9.95. The van der Waals surface area contributed by atoms with Crippen molar-refractivity contribution in [2.75, 3.05) is 6.54 Å². The van der Waals surface area contributed by atoms with Gasteiger partial charge in [-0.2, -0.15) is 0 Å². The van der Waals surface area contributed by atoms with Crippen molar-refractivity contribution in [2.24, 2.45) is 0 Å². The highest BCUT2D eigenvalue weighted by Gasteiger charge is 2.31. The first-order valence-electron chi connectivity index (χ1n) is 8.19. The minimum atomic E-state index is -0.296. The highest BCUT2D eigenvalue weighted by Crippen LogP contribution is 2.23. The van der Waals surface area contributed by atoms with E-state index in [-0.39, 0.29) is 24.1 Å². The Hall–Kier alpha value is -0.610. The molecular formula is C16H32N2O2. The van der Waals surface area contributed by atoms with Crippen molar-refractivity contribution in [2.45, 2.75) is 90.4 Å². The Labute approximate surface area is 123 Å². The molecule has 0 spiro atoms. The smallest absolute Gasteiger partial charge is 0.237 e. The molecule has 20 heavy (non-hydrogen) atoms. The second-order valence-electron chi connectivity index (χ2n) is 6.35. The number of rotatable bonds is 7. The summed E-state index contributed by atoms with van der Waals surface area (Å²) in [7, 11) is 0. The number of aliphatic hydroxyl groups is 1. The molecule has 2 N–H and O–H groups in total. The lowest BCUT2D eigenvalue weighted by Gasteiger charge is -2.40. The quantitative estimate of drug-likeness (QED) is 0.754. The molecule has 1 aliphatic heterocycles. The molecule has 0 bridgehead atoms. The number of carbonyl (C=O) groups is 1. The third-order valence-corrected chi connectivity index (χ3v) is 4.27. The van der Waals surface area contributed by atoms with Crippen LogP contribution < -0.4 is 5.32 Å². The van der Waals surface area contributed by atoms with Gasteiger partial charge in [0, 0.05) is 12.1 Å². The Balaban J connectivity index is 2.57. The Morgan fingerprint density at radius 1 is 1.35 bits per heavy atom. The van der Waals surface area contributed by atoms with Gasteiger partial charge in [-0.15, -0.1) is 0 Å². The van der Waals surface area contributed by atoms with Crippen LogP contribution >= 0.6 is 0 Å². The van der Waals surface area contributed by atoms with E-state index in [2.05, 4.69) is 24.1 Å². The molecule has 4 unspecified atom stereocenters. The lowest BCUT2D eigenvalue weighted by molar-refractivity contribution is -0.128. The monoisotopic (exact) mass is 284 g/mol. The molecular weight excluding hydrogens is 252 g/mol. The summed E-state index contributed by atoms with van der Waals surface area (Å²) in [6.07, 6.45) is 6.02. The summed E-state index contributed by atoms with van der Waals surface area (Å²) >= 11 is 0. The third kappa shape index (κ3) is 5.41. The number of hydrogen-bond donors (Lipinski definition) is 2. The molecule has 0 aromatic rings. The van der Waals surface area contributed by atoms with E-state index in [1.807, 2.05) is 13.8 Å². The van der Waals surface area contributed by atoms with Crippen LogP contribution in [0.4, 0.5) is 0 Å². The fourth-order valence-electron chi connectivity index (χ4n) is 3.20. The highest BCUT2D eigenvalue weighted by molar-refractivity contribution is 5.81. The molecule has 4 nitrogen and oxygen atoms in total. The summed E-state index contributed by atoms with van der Waals surface area (Å²) in [4.78, 5) is 14.6. The van der Waals surface area contributed by atoms with Crippen LogP contribution in [-0.4, -0.2) is 46.7 Å². The largest absolute Gasteiger partial charge is 0.393 e. The molecule has 0 radical (unpaired) electrons. The van der Waals surface area contributed by atoms with Gasteiger partial charge in [-0.1, -0.05) is 19.8 Å². The standard InChI is InChI=1S/C16H32N2O2/c1-5-8-12(2)17-16(20)14(4)18-10-7-6-9-15(18)11-13(3)19/h12-15,19H,5-11H2,1-4H3,(H,17,20). The van der Waals surface area contributed by atoms with Crippen molar-refractivity contribution in [3.05, 3.63) is 0 Å². The molecule has 1 aliphatic rings. The summed E-state index contributed by atoms with van der Waals surface area (Å²) in [6, 6.07) is 0.485. The molecule has 1 fully saturated rings. The Kier molecular flexibility index (Phi) is 7.52. The van der Waals surface area contributed by atoms with Gasteiger partial charge in [0.15, 0.2) is 0 Å². The van der Waals surface area contributed by atoms with E-state index in [0.717, 1.165) is 38.6 Å². The van der Waals surface area contributed by atoms with E-state index in [0.29, 0.717) is 6.04 Å². The van der Waals surface area contributed by atoms with Crippen LogP contribution in [0.5, 0.6) is 0 Å². The number of nitrogens with zero attached hydrogens (tertiary/aromatic N) is 1. The normalized spacial score (nSPS) is 24.9. The zero-order chi connectivity index (χ0) is 15.1. The predicted molar refractivity (Wildman–Crippen MR) is 82.6 cm³/mol. The molecule has 0 aromatic carbocycles. The second kappa shape index (κ2) is 8.63. The van der Waals surface area contributed by atoms with E-state index < -0.39 is 0 Å².